The summed E-state index contributed by atoms with van der Waals surface area (Å²) in [4.78, 5) is 32.3. The van der Waals surface area contributed by atoms with E-state index in [-0.39, 0.29) is 11.8 Å². The lowest BCUT2D eigenvalue weighted by molar-refractivity contribution is 0.0988. The summed E-state index contributed by atoms with van der Waals surface area (Å²) in [7, 11) is 1.72. The SMILES string of the molecule is CCOc1ccccc1NC(=O)c1ccc2c(c1)Sc1ncccc1C(=O)N2C. The summed E-state index contributed by atoms with van der Waals surface area (Å²) < 4.78 is 5.57. The summed E-state index contributed by atoms with van der Waals surface area (Å²) in [5, 5.41) is 3.53. The minimum absolute atomic E-state index is 0.123. The van der Waals surface area contributed by atoms with E-state index in [4.69, 9.17) is 4.74 Å². The number of carbonyl (C=O) groups is 2. The van der Waals surface area contributed by atoms with Crippen molar-refractivity contribution >= 4 is 35.0 Å². The van der Waals surface area contributed by atoms with Crippen molar-refractivity contribution < 1.29 is 14.3 Å². The number of rotatable bonds is 4. The second-order valence-corrected chi connectivity index (χ2v) is 7.42. The topological polar surface area (TPSA) is 71.5 Å². The molecule has 0 atom stereocenters. The molecule has 1 aliphatic heterocycles. The number of hydrogen-bond donors (Lipinski definition) is 1. The first kappa shape index (κ1) is 19.0. The molecular weight excluding hydrogens is 386 g/mol. The molecule has 29 heavy (non-hydrogen) atoms. The van der Waals surface area contributed by atoms with Crippen LogP contribution in [-0.2, 0) is 0 Å². The van der Waals surface area contributed by atoms with Gasteiger partial charge in [0.25, 0.3) is 11.8 Å². The number of nitrogens with one attached hydrogen (secondary N) is 1. The van der Waals surface area contributed by atoms with Gasteiger partial charge in [-0.2, -0.15) is 0 Å². The largest absolute Gasteiger partial charge is 0.492 e. The van der Waals surface area contributed by atoms with Crippen molar-refractivity contribution in [2.75, 3.05) is 23.9 Å². The lowest BCUT2D eigenvalue weighted by Crippen LogP contribution is -2.26. The summed E-state index contributed by atoms with van der Waals surface area (Å²) in [5.74, 6) is 0.248. The summed E-state index contributed by atoms with van der Waals surface area (Å²) in [5.41, 5.74) is 2.39. The van der Waals surface area contributed by atoms with Crippen LogP contribution in [0.15, 0.2) is 70.7 Å². The molecule has 0 unspecified atom stereocenters. The number of aromatic nitrogens is 1. The first-order valence-corrected chi connectivity index (χ1v) is 9.98. The molecule has 0 aliphatic carbocycles. The maximum atomic E-state index is 12.9. The standard InChI is InChI=1S/C22H19N3O3S/c1-3-28-18-9-5-4-8-16(18)24-20(26)14-10-11-17-19(13-14)29-21-15(7-6-12-23-21)22(27)25(17)2/h4-13H,3H2,1-2H3,(H,24,26). The van der Waals surface area contributed by atoms with Crippen LogP contribution in [-0.4, -0.2) is 30.5 Å². The third-order valence-electron chi connectivity index (χ3n) is 4.53. The van der Waals surface area contributed by atoms with Crippen molar-refractivity contribution in [2.45, 2.75) is 16.8 Å². The number of ether oxygens (including phenoxy) is 1. The molecule has 0 saturated heterocycles. The van der Waals surface area contributed by atoms with Crippen LogP contribution in [0.4, 0.5) is 11.4 Å². The van der Waals surface area contributed by atoms with Crippen molar-refractivity contribution in [3.8, 4) is 5.75 Å². The maximum absolute atomic E-state index is 12.9. The fraction of sp³-hybridized carbons (Fsp3) is 0.136. The molecule has 3 aromatic rings. The van der Waals surface area contributed by atoms with E-state index in [0.29, 0.717) is 34.2 Å². The molecule has 1 aliphatic rings. The Morgan fingerprint density at radius 3 is 2.83 bits per heavy atom. The third kappa shape index (κ3) is 3.69. The lowest BCUT2D eigenvalue weighted by Gasteiger charge is -2.18. The number of fused-ring (bicyclic) bond motifs is 2. The zero-order chi connectivity index (χ0) is 20.4. The molecule has 0 bridgehead atoms. The number of anilines is 2. The quantitative estimate of drug-likeness (QED) is 0.693. The molecule has 2 amide bonds. The first-order valence-electron chi connectivity index (χ1n) is 9.16. The van der Waals surface area contributed by atoms with Gasteiger partial charge in [-0.15, -0.1) is 0 Å². The molecule has 4 rings (SSSR count). The van der Waals surface area contributed by atoms with E-state index >= 15 is 0 Å². The van der Waals surface area contributed by atoms with Gasteiger partial charge in [0.05, 0.1) is 23.5 Å². The molecule has 0 fully saturated rings. The average molecular weight is 405 g/mol. The predicted molar refractivity (Wildman–Crippen MR) is 113 cm³/mol. The average Bonchev–Trinajstić information content (AvgIpc) is 2.84. The maximum Gasteiger partial charge on any atom is 0.260 e. The molecule has 6 nitrogen and oxygen atoms in total. The Bertz CT molecular complexity index is 1100. The van der Waals surface area contributed by atoms with Gasteiger partial charge in [0, 0.05) is 23.7 Å². The highest BCUT2D eigenvalue weighted by molar-refractivity contribution is 7.99. The Morgan fingerprint density at radius 2 is 2.00 bits per heavy atom. The lowest BCUT2D eigenvalue weighted by atomic mass is 10.1. The van der Waals surface area contributed by atoms with E-state index in [1.54, 1.807) is 54.5 Å². The van der Waals surface area contributed by atoms with Gasteiger partial charge >= 0.3 is 0 Å². The Kier molecular flexibility index (Phi) is 5.22. The van der Waals surface area contributed by atoms with E-state index in [1.165, 1.54) is 11.8 Å². The fourth-order valence-electron chi connectivity index (χ4n) is 3.09. The van der Waals surface area contributed by atoms with Crippen LogP contribution in [0.25, 0.3) is 0 Å². The van der Waals surface area contributed by atoms with Gasteiger partial charge in [-0.3, -0.25) is 9.59 Å². The van der Waals surface area contributed by atoms with Crippen LogP contribution in [0.2, 0.25) is 0 Å². The van der Waals surface area contributed by atoms with Crippen molar-refractivity contribution in [2.24, 2.45) is 0 Å². The van der Waals surface area contributed by atoms with Crippen LogP contribution in [0.3, 0.4) is 0 Å². The molecule has 2 heterocycles. The van der Waals surface area contributed by atoms with Crippen molar-refractivity contribution in [1.29, 1.82) is 0 Å². The van der Waals surface area contributed by atoms with Gasteiger partial charge in [-0.05, 0) is 49.4 Å². The number of carbonyl (C=O) groups excluding carboxylic acids is 2. The van der Waals surface area contributed by atoms with Crippen LogP contribution in [0, 0.1) is 0 Å². The Hall–Kier alpha value is -3.32. The van der Waals surface area contributed by atoms with Crippen LogP contribution < -0.4 is 15.0 Å². The van der Waals surface area contributed by atoms with E-state index in [9.17, 15) is 9.59 Å². The Labute approximate surface area is 172 Å². The molecule has 2 aromatic carbocycles. The minimum atomic E-state index is -0.250. The van der Waals surface area contributed by atoms with E-state index in [0.717, 1.165) is 10.6 Å². The number of hydrogen-bond acceptors (Lipinski definition) is 5. The molecule has 1 N–H and O–H groups in total. The van der Waals surface area contributed by atoms with Gasteiger partial charge in [0.15, 0.2) is 0 Å². The van der Waals surface area contributed by atoms with Crippen molar-refractivity contribution in [3.63, 3.8) is 0 Å². The van der Waals surface area contributed by atoms with Crippen LogP contribution in [0.5, 0.6) is 5.75 Å². The number of nitrogens with zero attached hydrogens (tertiary/aromatic N) is 2. The molecular formula is C22H19N3O3S. The van der Waals surface area contributed by atoms with E-state index in [2.05, 4.69) is 10.3 Å². The summed E-state index contributed by atoms with van der Waals surface area (Å²) in [6.45, 7) is 2.40. The van der Waals surface area contributed by atoms with Gasteiger partial charge in [-0.25, -0.2) is 4.98 Å². The predicted octanol–water partition coefficient (Wildman–Crippen LogP) is 4.47. The normalized spacial score (nSPS) is 12.6. The third-order valence-corrected chi connectivity index (χ3v) is 5.60. The smallest absolute Gasteiger partial charge is 0.260 e. The van der Waals surface area contributed by atoms with E-state index in [1.807, 2.05) is 25.1 Å². The highest BCUT2D eigenvalue weighted by Crippen LogP contribution is 2.40. The highest BCUT2D eigenvalue weighted by Gasteiger charge is 2.26. The van der Waals surface area contributed by atoms with Gasteiger partial charge in [0.1, 0.15) is 10.8 Å². The minimum Gasteiger partial charge on any atom is -0.492 e. The van der Waals surface area contributed by atoms with Crippen LogP contribution in [0.1, 0.15) is 27.6 Å². The van der Waals surface area contributed by atoms with Gasteiger partial charge < -0.3 is 15.0 Å². The number of para-hydroxylation sites is 2. The Morgan fingerprint density at radius 1 is 1.17 bits per heavy atom. The van der Waals surface area contributed by atoms with Crippen molar-refractivity contribution in [3.05, 3.63) is 71.9 Å². The van der Waals surface area contributed by atoms with Crippen molar-refractivity contribution in [1.82, 2.24) is 4.98 Å². The number of amides is 2. The second-order valence-electron chi connectivity index (χ2n) is 6.39. The number of benzene rings is 2. The highest BCUT2D eigenvalue weighted by atomic mass is 32.2. The first-order chi connectivity index (χ1) is 14.1. The van der Waals surface area contributed by atoms with E-state index < -0.39 is 0 Å². The molecule has 0 saturated carbocycles. The molecule has 0 radical (unpaired) electrons. The summed E-state index contributed by atoms with van der Waals surface area (Å²) in [6, 6.07) is 16.1. The summed E-state index contributed by atoms with van der Waals surface area (Å²) >= 11 is 1.38. The Balaban J connectivity index is 1.66. The second kappa shape index (κ2) is 7.97. The molecule has 146 valence electrons. The summed E-state index contributed by atoms with van der Waals surface area (Å²) in [6.07, 6.45) is 1.66. The molecule has 1 aromatic heterocycles. The van der Waals surface area contributed by atoms with Gasteiger partial charge in [-0.1, -0.05) is 23.9 Å². The van der Waals surface area contributed by atoms with Gasteiger partial charge in [0.2, 0.25) is 0 Å². The molecule has 7 heteroatoms. The monoisotopic (exact) mass is 405 g/mol. The molecule has 0 spiro atoms. The zero-order valence-electron chi connectivity index (χ0n) is 16.0. The zero-order valence-corrected chi connectivity index (χ0v) is 16.8. The van der Waals surface area contributed by atoms with Crippen LogP contribution >= 0.6 is 11.8 Å². The fourth-order valence-corrected chi connectivity index (χ4v) is 4.17. The number of pyridine rings is 1.